The molecule has 124 valence electrons. The molecule has 2 rings (SSSR count). The molecule has 2 aromatic rings. The van der Waals surface area contributed by atoms with Crippen LogP contribution in [0.2, 0.25) is 0 Å². The van der Waals surface area contributed by atoms with E-state index in [2.05, 4.69) is 15.6 Å². The van der Waals surface area contributed by atoms with Crippen LogP contribution >= 0.6 is 0 Å². The topological polar surface area (TPSA) is 92.7 Å². The molecule has 0 saturated carbocycles. The molecule has 23 heavy (non-hydrogen) atoms. The second kappa shape index (κ2) is 8.92. The SMILES string of the molecule is CNC(=O)COc1ccc(NCCOCCO)c2ncccc12. The van der Waals surface area contributed by atoms with Crippen molar-refractivity contribution in [1.29, 1.82) is 0 Å². The first-order valence-electron chi connectivity index (χ1n) is 7.40. The Morgan fingerprint density at radius 2 is 2.17 bits per heavy atom. The van der Waals surface area contributed by atoms with E-state index < -0.39 is 0 Å². The minimum atomic E-state index is -0.190. The van der Waals surface area contributed by atoms with Crippen LogP contribution in [-0.2, 0) is 9.53 Å². The molecule has 0 aliphatic rings. The molecule has 0 atom stereocenters. The molecule has 1 aromatic carbocycles. The predicted octanol–water partition coefficient (Wildman–Crippen LogP) is 0.780. The summed E-state index contributed by atoms with van der Waals surface area (Å²) in [4.78, 5) is 15.7. The minimum Gasteiger partial charge on any atom is -0.483 e. The van der Waals surface area contributed by atoms with Crippen molar-refractivity contribution in [2.24, 2.45) is 0 Å². The van der Waals surface area contributed by atoms with Crippen LogP contribution in [-0.4, -0.2) is 56.0 Å². The molecular weight excluding hydrogens is 298 g/mol. The first kappa shape index (κ1) is 17.0. The van der Waals surface area contributed by atoms with Gasteiger partial charge in [0.1, 0.15) is 5.75 Å². The highest BCUT2D eigenvalue weighted by Crippen LogP contribution is 2.29. The quantitative estimate of drug-likeness (QED) is 0.592. The highest BCUT2D eigenvalue weighted by atomic mass is 16.5. The Labute approximate surface area is 134 Å². The van der Waals surface area contributed by atoms with Crippen LogP contribution in [0.3, 0.4) is 0 Å². The van der Waals surface area contributed by atoms with Gasteiger partial charge in [-0.1, -0.05) is 0 Å². The van der Waals surface area contributed by atoms with E-state index in [0.717, 1.165) is 16.6 Å². The largest absolute Gasteiger partial charge is 0.483 e. The maximum absolute atomic E-state index is 11.3. The Hall–Kier alpha value is -2.38. The van der Waals surface area contributed by atoms with Gasteiger partial charge in [0.2, 0.25) is 0 Å². The van der Waals surface area contributed by atoms with E-state index in [9.17, 15) is 4.79 Å². The van der Waals surface area contributed by atoms with Gasteiger partial charge in [-0.15, -0.1) is 0 Å². The number of carbonyl (C=O) groups excluding carboxylic acids is 1. The Morgan fingerprint density at radius 1 is 1.30 bits per heavy atom. The molecule has 0 fully saturated rings. The van der Waals surface area contributed by atoms with Crippen molar-refractivity contribution in [3.8, 4) is 5.75 Å². The normalized spacial score (nSPS) is 10.5. The number of anilines is 1. The number of carbonyl (C=O) groups is 1. The number of aromatic nitrogens is 1. The molecule has 7 heteroatoms. The Bertz CT molecular complexity index is 648. The number of aliphatic hydroxyl groups excluding tert-OH is 1. The molecule has 3 N–H and O–H groups in total. The van der Waals surface area contributed by atoms with Gasteiger partial charge >= 0.3 is 0 Å². The van der Waals surface area contributed by atoms with E-state index in [0.29, 0.717) is 25.5 Å². The fourth-order valence-electron chi connectivity index (χ4n) is 2.05. The predicted molar refractivity (Wildman–Crippen MR) is 87.7 cm³/mol. The van der Waals surface area contributed by atoms with E-state index in [1.54, 1.807) is 13.2 Å². The third-order valence-corrected chi connectivity index (χ3v) is 3.16. The number of fused-ring (bicyclic) bond motifs is 1. The average Bonchev–Trinajstić information content (AvgIpc) is 2.60. The second-order valence-electron chi connectivity index (χ2n) is 4.74. The summed E-state index contributed by atoms with van der Waals surface area (Å²) >= 11 is 0. The number of pyridine rings is 1. The van der Waals surface area contributed by atoms with Crippen LogP contribution in [0, 0.1) is 0 Å². The fraction of sp³-hybridized carbons (Fsp3) is 0.375. The molecule has 1 heterocycles. The molecule has 0 spiro atoms. The van der Waals surface area contributed by atoms with Gasteiger partial charge in [0.05, 0.1) is 31.0 Å². The van der Waals surface area contributed by atoms with Crippen LogP contribution in [0.1, 0.15) is 0 Å². The lowest BCUT2D eigenvalue weighted by Crippen LogP contribution is -2.24. The maximum Gasteiger partial charge on any atom is 0.257 e. The summed E-state index contributed by atoms with van der Waals surface area (Å²) in [5.74, 6) is 0.420. The lowest BCUT2D eigenvalue weighted by atomic mass is 10.1. The molecule has 1 aromatic heterocycles. The lowest BCUT2D eigenvalue weighted by molar-refractivity contribution is -0.122. The van der Waals surface area contributed by atoms with Crippen LogP contribution in [0.25, 0.3) is 10.9 Å². The molecule has 0 bridgehead atoms. The molecular formula is C16H21N3O4. The van der Waals surface area contributed by atoms with Gasteiger partial charge in [0.25, 0.3) is 5.91 Å². The number of likely N-dealkylation sites (N-methyl/N-ethyl adjacent to an activating group) is 1. The first-order valence-corrected chi connectivity index (χ1v) is 7.40. The first-order chi connectivity index (χ1) is 11.3. The van der Waals surface area contributed by atoms with Crippen molar-refractivity contribution >= 4 is 22.5 Å². The average molecular weight is 319 g/mol. The molecule has 0 aliphatic heterocycles. The number of benzene rings is 1. The Morgan fingerprint density at radius 3 is 2.96 bits per heavy atom. The number of hydrogen-bond donors (Lipinski definition) is 3. The highest BCUT2D eigenvalue weighted by molar-refractivity contribution is 5.95. The Kier molecular flexibility index (Phi) is 6.58. The summed E-state index contributed by atoms with van der Waals surface area (Å²) in [6, 6.07) is 7.39. The van der Waals surface area contributed by atoms with Crippen molar-refractivity contribution in [2.45, 2.75) is 0 Å². The number of hydrogen-bond acceptors (Lipinski definition) is 6. The Balaban J connectivity index is 2.10. The minimum absolute atomic E-state index is 0.0157. The summed E-state index contributed by atoms with van der Waals surface area (Å²) in [6.07, 6.45) is 1.71. The smallest absolute Gasteiger partial charge is 0.257 e. The van der Waals surface area contributed by atoms with Gasteiger partial charge in [-0.05, 0) is 24.3 Å². The van der Waals surface area contributed by atoms with Gasteiger partial charge in [-0.25, -0.2) is 0 Å². The number of aliphatic hydroxyl groups is 1. The summed E-state index contributed by atoms with van der Waals surface area (Å²) in [7, 11) is 1.57. The summed E-state index contributed by atoms with van der Waals surface area (Å²) in [5.41, 5.74) is 1.63. The number of ether oxygens (including phenoxy) is 2. The van der Waals surface area contributed by atoms with Crippen LogP contribution in [0.5, 0.6) is 5.75 Å². The number of rotatable bonds is 9. The van der Waals surface area contributed by atoms with E-state index >= 15 is 0 Å². The van der Waals surface area contributed by atoms with Gasteiger partial charge in [-0.3, -0.25) is 9.78 Å². The van der Waals surface area contributed by atoms with Crippen molar-refractivity contribution < 1.29 is 19.4 Å². The lowest BCUT2D eigenvalue weighted by Gasteiger charge is -2.13. The second-order valence-corrected chi connectivity index (χ2v) is 4.74. The molecule has 1 amide bonds. The number of amides is 1. The number of nitrogens with zero attached hydrogens (tertiary/aromatic N) is 1. The molecule has 0 saturated heterocycles. The van der Waals surface area contributed by atoms with Crippen molar-refractivity contribution in [3.63, 3.8) is 0 Å². The van der Waals surface area contributed by atoms with Gasteiger partial charge in [0, 0.05) is 25.2 Å². The van der Waals surface area contributed by atoms with Crippen LogP contribution in [0.4, 0.5) is 5.69 Å². The fourth-order valence-corrected chi connectivity index (χ4v) is 2.05. The van der Waals surface area contributed by atoms with Gasteiger partial charge in [-0.2, -0.15) is 0 Å². The molecule has 7 nitrogen and oxygen atoms in total. The molecule has 0 unspecified atom stereocenters. The van der Waals surface area contributed by atoms with Gasteiger partial charge < -0.3 is 25.2 Å². The van der Waals surface area contributed by atoms with E-state index in [1.807, 2.05) is 24.3 Å². The third-order valence-electron chi connectivity index (χ3n) is 3.16. The zero-order valence-electron chi connectivity index (χ0n) is 13.0. The van der Waals surface area contributed by atoms with Crippen LogP contribution < -0.4 is 15.4 Å². The van der Waals surface area contributed by atoms with E-state index in [-0.39, 0.29) is 19.1 Å². The number of nitrogens with one attached hydrogen (secondary N) is 2. The zero-order valence-corrected chi connectivity index (χ0v) is 13.0. The van der Waals surface area contributed by atoms with E-state index in [4.69, 9.17) is 14.6 Å². The molecule has 0 radical (unpaired) electrons. The van der Waals surface area contributed by atoms with Crippen molar-refractivity contribution in [1.82, 2.24) is 10.3 Å². The molecule has 0 aliphatic carbocycles. The standard InChI is InChI=1S/C16H21N3O4/c1-17-15(21)11-23-14-5-4-13(18-7-9-22-10-8-20)16-12(14)3-2-6-19-16/h2-6,18,20H,7-11H2,1H3,(H,17,21). The third kappa shape index (κ3) is 4.80. The van der Waals surface area contributed by atoms with Gasteiger partial charge in [0.15, 0.2) is 6.61 Å². The zero-order chi connectivity index (χ0) is 16.5. The van der Waals surface area contributed by atoms with Crippen molar-refractivity contribution in [3.05, 3.63) is 30.5 Å². The van der Waals surface area contributed by atoms with Crippen molar-refractivity contribution in [2.75, 3.05) is 45.3 Å². The van der Waals surface area contributed by atoms with E-state index in [1.165, 1.54) is 0 Å². The maximum atomic E-state index is 11.3. The summed E-state index contributed by atoms with van der Waals surface area (Å²) in [5, 5.41) is 15.3. The highest BCUT2D eigenvalue weighted by Gasteiger charge is 2.09. The summed E-state index contributed by atoms with van der Waals surface area (Å²) < 4.78 is 10.8. The monoisotopic (exact) mass is 319 g/mol. The van der Waals surface area contributed by atoms with Crippen LogP contribution in [0.15, 0.2) is 30.5 Å². The summed E-state index contributed by atoms with van der Waals surface area (Å²) in [6.45, 7) is 1.39.